The van der Waals surface area contributed by atoms with Gasteiger partial charge >= 0.3 is 5.97 Å². The van der Waals surface area contributed by atoms with E-state index in [2.05, 4.69) is 40.0 Å². The summed E-state index contributed by atoms with van der Waals surface area (Å²) >= 11 is 4.98. The predicted octanol–water partition coefficient (Wildman–Crippen LogP) is 3.05. The van der Waals surface area contributed by atoms with Crippen molar-refractivity contribution >= 4 is 33.2 Å². The molecule has 0 saturated heterocycles. The van der Waals surface area contributed by atoms with Crippen molar-refractivity contribution in [3.8, 4) is 0 Å². The van der Waals surface area contributed by atoms with E-state index in [0.717, 1.165) is 35.5 Å². The molecule has 1 N–H and O–H groups in total. The average molecular weight is 363 g/mol. The smallest absolute Gasteiger partial charge is 0.328 e. The number of halogens is 1. The molecular formula is C14H23BrN2O2S. The molecule has 0 aliphatic heterocycles. The zero-order valence-corrected chi connectivity index (χ0v) is 14.7. The van der Waals surface area contributed by atoms with Gasteiger partial charge in [-0.1, -0.05) is 13.8 Å². The fourth-order valence-electron chi connectivity index (χ4n) is 1.91. The molecule has 1 atom stereocenters. The van der Waals surface area contributed by atoms with Crippen molar-refractivity contribution in [2.24, 2.45) is 0 Å². The van der Waals surface area contributed by atoms with E-state index >= 15 is 0 Å². The molecule has 114 valence electrons. The molecule has 20 heavy (non-hydrogen) atoms. The first-order chi connectivity index (χ1) is 9.62. The Balaban J connectivity index is 2.62. The topological polar surface area (TPSA) is 41.6 Å². The standard InChI is InChI=1S/C14H23BrN2O2S/c1-4-17(5-2)8-7-16-13(14(18)19-6-3)12-9-11(15)10-20-12/h9-10,13,16H,4-8H2,1-3H3. The van der Waals surface area contributed by atoms with Crippen molar-refractivity contribution in [1.29, 1.82) is 0 Å². The Morgan fingerprint density at radius 1 is 1.45 bits per heavy atom. The van der Waals surface area contributed by atoms with Gasteiger partial charge in [0.15, 0.2) is 0 Å². The molecule has 1 aromatic rings. The third kappa shape index (κ3) is 5.52. The van der Waals surface area contributed by atoms with Crippen molar-refractivity contribution in [1.82, 2.24) is 10.2 Å². The molecule has 0 amide bonds. The second kappa shape index (κ2) is 9.50. The fraction of sp³-hybridized carbons (Fsp3) is 0.643. The number of thiophene rings is 1. The van der Waals surface area contributed by atoms with Gasteiger partial charge in [-0.05, 0) is 42.0 Å². The summed E-state index contributed by atoms with van der Waals surface area (Å²) in [5.41, 5.74) is 0. The van der Waals surface area contributed by atoms with Gasteiger partial charge < -0.3 is 9.64 Å². The van der Waals surface area contributed by atoms with Crippen LogP contribution in [-0.4, -0.2) is 43.7 Å². The van der Waals surface area contributed by atoms with E-state index in [1.165, 1.54) is 0 Å². The summed E-state index contributed by atoms with van der Waals surface area (Å²) in [5.74, 6) is -0.207. The lowest BCUT2D eigenvalue weighted by atomic mass is 10.2. The van der Waals surface area contributed by atoms with Crippen molar-refractivity contribution < 1.29 is 9.53 Å². The first kappa shape index (κ1) is 17.6. The molecule has 0 bridgehead atoms. The van der Waals surface area contributed by atoms with Gasteiger partial charge in [-0.2, -0.15) is 0 Å². The minimum atomic E-state index is -0.373. The molecular weight excluding hydrogens is 340 g/mol. The lowest BCUT2D eigenvalue weighted by Gasteiger charge is -2.21. The first-order valence-corrected chi connectivity index (χ1v) is 8.65. The molecule has 1 rings (SSSR count). The molecule has 0 radical (unpaired) electrons. The van der Waals surface area contributed by atoms with Crippen LogP contribution in [0.5, 0.6) is 0 Å². The second-order valence-corrected chi connectivity index (χ2v) is 6.19. The van der Waals surface area contributed by atoms with Crippen LogP contribution < -0.4 is 5.32 Å². The van der Waals surface area contributed by atoms with Crippen LogP contribution in [0.4, 0.5) is 0 Å². The van der Waals surface area contributed by atoms with Gasteiger partial charge in [-0.15, -0.1) is 11.3 Å². The Morgan fingerprint density at radius 2 is 2.15 bits per heavy atom. The van der Waals surface area contributed by atoms with Gasteiger partial charge in [-0.25, -0.2) is 4.79 Å². The van der Waals surface area contributed by atoms with Crippen LogP contribution in [-0.2, 0) is 9.53 Å². The molecule has 0 aliphatic rings. The van der Waals surface area contributed by atoms with Gasteiger partial charge in [0.1, 0.15) is 6.04 Å². The third-order valence-electron chi connectivity index (χ3n) is 3.07. The fourth-order valence-corrected chi connectivity index (χ4v) is 3.42. The van der Waals surface area contributed by atoms with Crippen LogP contribution in [0.3, 0.4) is 0 Å². The highest BCUT2D eigenvalue weighted by Gasteiger charge is 2.23. The molecule has 0 saturated carbocycles. The van der Waals surface area contributed by atoms with Crippen LogP contribution >= 0.6 is 27.3 Å². The Morgan fingerprint density at radius 3 is 2.65 bits per heavy atom. The van der Waals surface area contributed by atoms with E-state index in [9.17, 15) is 4.79 Å². The van der Waals surface area contributed by atoms with Gasteiger partial charge in [0.25, 0.3) is 0 Å². The predicted molar refractivity (Wildman–Crippen MR) is 87.2 cm³/mol. The lowest BCUT2D eigenvalue weighted by molar-refractivity contribution is -0.145. The highest BCUT2D eigenvalue weighted by molar-refractivity contribution is 9.10. The van der Waals surface area contributed by atoms with Crippen LogP contribution in [0.25, 0.3) is 0 Å². The van der Waals surface area contributed by atoms with E-state index in [-0.39, 0.29) is 12.0 Å². The molecule has 4 nitrogen and oxygen atoms in total. The number of esters is 1. The molecule has 1 unspecified atom stereocenters. The molecule has 6 heteroatoms. The SMILES string of the molecule is CCOC(=O)C(NCCN(CC)CC)c1cc(Br)cs1. The zero-order valence-electron chi connectivity index (χ0n) is 12.3. The van der Waals surface area contributed by atoms with Crippen molar-refractivity contribution in [2.45, 2.75) is 26.8 Å². The number of likely N-dealkylation sites (N-methyl/N-ethyl adjacent to an activating group) is 1. The Hall–Kier alpha value is -0.430. The average Bonchev–Trinajstić information content (AvgIpc) is 2.85. The van der Waals surface area contributed by atoms with Gasteiger partial charge in [-0.3, -0.25) is 5.32 Å². The third-order valence-corrected chi connectivity index (χ3v) is 4.82. The van der Waals surface area contributed by atoms with E-state index in [0.29, 0.717) is 6.61 Å². The molecule has 1 heterocycles. The van der Waals surface area contributed by atoms with Gasteiger partial charge in [0.2, 0.25) is 0 Å². The normalized spacial score (nSPS) is 12.7. The van der Waals surface area contributed by atoms with Gasteiger partial charge in [0, 0.05) is 27.8 Å². The van der Waals surface area contributed by atoms with Crippen molar-refractivity contribution in [3.63, 3.8) is 0 Å². The highest BCUT2D eigenvalue weighted by Crippen LogP contribution is 2.26. The number of carbonyl (C=O) groups excluding carboxylic acids is 1. The number of hydrogen-bond donors (Lipinski definition) is 1. The largest absolute Gasteiger partial charge is 0.465 e. The maximum absolute atomic E-state index is 12.1. The quantitative estimate of drug-likeness (QED) is 0.685. The summed E-state index contributed by atoms with van der Waals surface area (Å²) in [6, 6.07) is 1.60. The number of rotatable bonds is 9. The van der Waals surface area contributed by atoms with E-state index in [1.54, 1.807) is 11.3 Å². The highest BCUT2D eigenvalue weighted by atomic mass is 79.9. The minimum absolute atomic E-state index is 0.207. The maximum Gasteiger partial charge on any atom is 0.328 e. The van der Waals surface area contributed by atoms with Crippen LogP contribution in [0, 0.1) is 0 Å². The maximum atomic E-state index is 12.1. The van der Waals surface area contributed by atoms with E-state index < -0.39 is 0 Å². The molecule has 0 aromatic carbocycles. The summed E-state index contributed by atoms with van der Waals surface area (Å²) in [7, 11) is 0. The monoisotopic (exact) mass is 362 g/mol. The number of carbonyl (C=O) groups is 1. The second-order valence-electron chi connectivity index (χ2n) is 4.33. The molecule has 1 aromatic heterocycles. The summed E-state index contributed by atoms with van der Waals surface area (Å²) in [4.78, 5) is 15.4. The summed E-state index contributed by atoms with van der Waals surface area (Å²) in [6.45, 7) is 10.2. The van der Waals surface area contributed by atoms with E-state index in [4.69, 9.17) is 4.74 Å². The van der Waals surface area contributed by atoms with E-state index in [1.807, 2.05) is 18.4 Å². The van der Waals surface area contributed by atoms with Gasteiger partial charge in [0.05, 0.1) is 6.61 Å². The summed E-state index contributed by atoms with van der Waals surface area (Å²) in [5, 5.41) is 5.29. The summed E-state index contributed by atoms with van der Waals surface area (Å²) in [6.07, 6.45) is 0. The zero-order chi connectivity index (χ0) is 15.0. The number of nitrogens with zero attached hydrogens (tertiary/aromatic N) is 1. The first-order valence-electron chi connectivity index (χ1n) is 6.98. The Labute approximate surface area is 133 Å². The molecule has 0 fully saturated rings. The number of ether oxygens (including phenoxy) is 1. The Kier molecular flexibility index (Phi) is 8.37. The van der Waals surface area contributed by atoms with Crippen LogP contribution in [0.1, 0.15) is 31.7 Å². The number of hydrogen-bond acceptors (Lipinski definition) is 5. The lowest BCUT2D eigenvalue weighted by Crippen LogP contribution is -2.36. The number of nitrogens with one attached hydrogen (secondary N) is 1. The molecule has 0 spiro atoms. The summed E-state index contributed by atoms with van der Waals surface area (Å²) < 4.78 is 6.15. The molecule has 0 aliphatic carbocycles. The van der Waals surface area contributed by atoms with Crippen LogP contribution in [0.2, 0.25) is 0 Å². The van der Waals surface area contributed by atoms with Crippen molar-refractivity contribution in [3.05, 3.63) is 20.8 Å². The Bertz CT molecular complexity index is 408. The van der Waals surface area contributed by atoms with Crippen LogP contribution in [0.15, 0.2) is 15.9 Å². The van der Waals surface area contributed by atoms with Crippen molar-refractivity contribution in [2.75, 3.05) is 32.8 Å². The minimum Gasteiger partial charge on any atom is -0.465 e.